The number of allylic oxidation sites excluding steroid dienone is 1. The highest BCUT2D eigenvalue weighted by atomic mass is 32.2. The van der Waals surface area contributed by atoms with E-state index in [9.17, 15) is 14.4 Å². The van der Waals surface area contributed by atoms with Gasteiger partial charge in [0.2, 0.25) is 5.91 Å². The molecule has 3 heterocycles. The molecule has 0 aliphatic rings. The Hall–Kier alpha value is -3.51. The van der Waals surface area contributed by atoms with Gasteiger partial charge in [-0.3, -0.25) is 14.3 Å². The van der Waals surface area contributed by atoms with Crippen LogP contribution >= 0.6 is 23.1 Å². The highest BCUT2D eigenvalue weighted by molar-refractivity contribution is 7.99. The molecule has 1 amide bonds. The van der Waals surface area contributed by atoms with E-state index in [1.807, 2.05) is 16.7 Å². The lowest BCUT2D eigenvalue weighted by Crippen LogP contribution is -2.16. The second-order valence-corrected chi connectivity index (χ2v) is 8.48. The van der Waals surface area contributed by atoms with Crippen LogP contribution in [0.3, 0.4) is 0 Å². The summed E-state index contributed by atoms with van der Waals surface area (Å²) in [6, 6.07) is 3.63. The number of rotatable bonds is 9. The number of esters is 2. The molecule has 12 heteroatoms. The second kappa shape index (κ2) is 10.9. The molecule has 0 aliphatic carbocycles. The first kappa shape index (κ1) is 24.1. The number of aromatic nitrogens is 4. The molecule has 0 fully saturated rings. The molecule has 172 valence electrons. The molecule has 10 nitrogen and oxygen atoms in total. The molecule has 0 atom stereocenters. The summed E-state index contributed by atoms with van der Waals surface area (Å²) in [6.45, 7) is 5.82. The summed E-state index contributed by atoms with van der Waals surface area (Å²) in [5.41, 5.74) is 1.34. The molecular weight excluding hydrogens is 466 g/mol. The van der Waals surface area contributed by atoms with E-state index in [-0.39, 0.29) is 27.1 Å². The first-order valence-corrected chi connectivity index (χ1v) is 11.4. The Bertz CT molecular complexity index is 1190. The van der Waals surface area contributed by atoms with Gasteiger partial charge in [0.05, 0.1) is 25.5 Å². The van der Waals surface area contributed by atoms with Gasteiger partial charge in [-0.1, -0.05) is 17.8 Å². The van der Waals surface area contributed by atoms with Crippen molar-refractivity contribution in [2.75, 3.05) is 25.3 Å². The van der Waals surface area contributed by atoms with E-state index in [1.165, 1.54) is 26.0 Å². The monoisotopic (exact) mass is 487 g/mol. The minimum atomic E-state index is -0.658. The lowest BCUT2D eigenvalue weighted by Gasteiger charge is -2.08. The predicted octanol–water partition coefficient (Wildman–Crippen LogP) is 3.20. The van der Waals surface area contributed by atoms with E-state index in [0.29, 0.717) is 23.1 Å². The maximum Gasteiger partial charge on any atom is 0.348 e. The van der Waals surface area contributed by atoms with E-state index in [0.717, 1.165) is 16.9 Å². The zero-order valence-corrected chi connectivity index (χ0v) is 19.8. The molecule has 33 heavy (non-hydrogen) atoms. The van der Waals surface area contributed by atoms with E-state index in [1.54, 1.807) is 25.4 Å². The van der Waals surface area contributed by atoms with Gasteiger partial charge in [0.25, 0.3) is 0 Å². The molecule has 0 radical (unpaired) electrons. The molecular formula is C21H21N5O5S2. The van der Waals surface area contributed by atoms with Crippen molar-refractivity contribution in [3.63, 3.8) is 0 Å². The summed E-state index contributed by atoms with van der Waals surface area (Å²) in [5, 5.41) is 11.9. The van der Waals surface area contributed by atoms with E-state index in [2.05, 4.69) is 27.1 Å². The van der Waals surface area contributed by atoms with Crippen LogP contribution in [0, 0.1) is 6.92 Å². The number of carbonyl (C=O) groups excluding carboxylic acids is 3. The van der Waals surface area contributed by atoms with Crippen LogP contribution < -0.4 is 5.32 Å². The summed E-state index contributed by atoms with van der Waals surface area (Å²) < 4.78 is 11.4. The van der Waals surface area contributed by atoms with Gasteiger partial charge >= 0.3 is 11.9 Å². The van der Waals surface area contributed by atoms with Crippen molar-refractivity contribution in [2.24, 2.45) is 0 Å². The smallest absolute Gasteiger partial charge is 0.348 e. The number of methoxy groups -OCH3 is 2. The SMILES string of the molecule is C=CCn1c(SCC(=O)Nc2sc(C(=O)OC)c(C)c2C(=O)OC)nnc1-c1ccncc1. The van der Waals surface area contributed by atoms with E-state index in [4.69, 9.17) is 9.47 Å². The average Bonchev–Trinajstić information content (AvgIpc) is 3.38. The molecule has 0 aliphatic heterocycles. The first-order valence-electron chi connectivity index (χ1n) is 9.58. The Balaban J connectivity index is 1.79. The highest BCUT2D eigenvalue weighted by Crippen LogP contribution is 2.34. The molecule has 0 saturated carbocycles. The Kier molecular flexibility index (Phi) is 7.96. The largest absolute Gasteiger partial charge is 0.465 e. The first-order chi connectivity index (χ1) is 15.9. The number of hydrogen-bond donors (Lipinski definition) is 1. The molecule has 0 bridgehead atoms. The van der Waals surface area contributed by atoms with Crippen LogP contribution in [-0.2, 0) is 20.8 Å². The maximum absolute atomic E-state index is 12.7. The molecule has 0 unspecified atom stereocenters. The molecule has 3 aromatic heterocycles. The van der Waals surface area contributed by atoms with Gasteiger partial charge < -0.3 is 14.8 Å². The predicted molar refractivity (Wildman–Crippen MR) is 125 cm³/mol. The van der Waals surface area contributed by atoms with Crippen LogP contribution in [0.25, 0.3) is 11.4 Å². The van der Waals surface area contributed by atoms with Gasteiger partial charge in [0.15, 0.2) is 11.0 Å². The molecule has 3 aromatic rings. The average molecular weight is 488 g/mol. The lowest BCUT2D eigenvalue weighted by atomic mass is 10.1. The summed E-state index contributed by atoms with van der Waals surface area (Å²) in [7, 11) is 2.47. The molecule has 0 spiro atoms. The van der Waals surface area contributed by atoms with E-state index < -0.39 is 11.9 Å². The van der Waals surface area contributed by atoms with Crippen LogP contribution in [0.4, 0.5) is 5.00 Å². The fourth-order valence-corrected chi connectivity index (χ4v) is 4.81. The summed E-state index contributed by atoms with van der Waals surface area (Å²) in [5.74, 6) is -1.02. The molecule has 0 aromatic carbocycles. The zero-order chi connectivity index (χ0) is 24.0. The Labute approximate surface area is 198 Å². The van der Waals surface area contributed by atoms with Crippen LogP contribution in [0.15, 0.2) is 42.3 Å². The Morgan fingerprint density at radius 1 is 1.18 bits per heavy atom. The van der Waals surface area contributed by atoms with Crippen molar-refractivity contribution < 1.29 is 23.9 Å². The van der Waals surface area contributed by atoms with Crippen molar-refractivity contribution in [1.82, 2.24) is 19.7 Å². The van der Waals surface area contributed by atoms with Crippen LogP contribution in [0.2, 0.25) is 0 Å². The van der Waals surface area contributed by atoms with Gasteiger partial charge in [-0.15, -0.1) is 28.1 Å². The third kappa shape index (κ3) is 5.29. The van der Waals surface area contributed by atoms with Crippen molar-refractivity contribution in [1.29, 1.82) is 0 Å². The van der Waals surface area contributed by atoms with Crippen molar-refractivity contribution >= 4 is 45.9 Å². The van der Waals surface area contributed by atoms with Crippen LogP contribution in [-0.4, -0.2) is 57.6 Å². The third-order valence-corrected chi connectivity index (χ3v) is 6.61. The number of carbonyl (C=O) groups is 3. The highest BCUT2D eigenvalue weighted by Gasteiger charge is 2.27. The molecule has 0 saturated heterocycles. The number of nitrogens with zero attached hydrogens (tertiary/aromatic N) is 4. The van der Waals surface area contributed by atoms with Gasteiger partial charge in [0.1, 0.15) is 9.88 Å². The van der Waals surface area contributed by atoms with Gasteiger partial charge in [0, 0.05) is 24.5 Å². The van der Waals surface area contributed by atoms with Crippen molar-refractivity contribution in [3.05, 3.63) is 53.2 Å². The van der Waals surface area contributed by atoms with Gasteiger partial charge in [-0.2, -0.15) is 0 Å². The van der Waals surface area contributed by atoms with Crippen molar-refractivity contribution in [3.8, 4) is 11.4 Å². The molecule has 3 rings (SSSR count). The quantitative estimate of drug-likeness (QED) is 0.275. The Morgan fingerprint density at radius 2 is 1.88 bits per heavy atom. The van der Waals surface area contributed by atoms with Gasteiger partial charge in [-0.25, -0.2) is 9.59 Å². The number of hydrogen-bond acceptors (Lipinski definition) is 10. The number of pyridine rings is 1. The van der Waals surface area contributed by atoms with Crippen molar-refractivity contribution in [2.45, 2.75) is 18.6 Å². The standard InChI is InChI=1S/C21H21N5O5S2/c1-5-10-26-17(13-6-8-22-9-7-13)24-25-21(26)32-11-14(27)23-18-15(19(28)30-3)12(2)16(33-18)20(29)31-4/h5-9H,1,10-11H2,2-4H3,(H,23,27). The minimum Gasteiger partial charge on any atom is -0.465 e. The second-order valence-electron chi connectivity index (χ2n) is 6.52. The summed E-state index contributed by atoms with van der Waals surface area (Å²) in [6.07, 6.45) is 5.03. The Morgan fingerprint density at radius 3 is 2.52 bits per heavy atom. The number of ether oxygens (including phenoxy) is 2. The molecule has 1 N–H and O–H groups in total. The topological polar surface area (TPSA) is 125 Å². The summed E-state index contributed by atoms with van der Waals surface area (Å²) in [4.78, 5) is 41.1. The maximum atomic E-state index is 12.7. The number of thioether (sulfide) groups is 1. The fraction of sp³-hybridized carbons (Fsp3) is 0.238. The number of thiophene rings is 1. The van der Waals surface area contributed by atoms with E-state index >= 15 is 0 Å². The zero-order valence-electron chi connectivity index (χ0n) is 18.2. The number of nitrogens with one attached hydrogen (secondary N) is 1. The summed E-state index contributed by atoms with van der Waals surface area (Å²) >= 11 is 2.14. The normalized spacial score (nSPS) is 10.5. The number of amides is 1. The van der Waals surface area contributed by atoms with Gasteiger partial charge in [-0.05, 0) is 24.6 Å². The number of anilines is 1. The fourth-order valence-electron chi connectivity index (χ4n) is 2.93. The lowest BCUT2D eigenvalue weighted by molar-refractivity contribution is -0.113. The minimum absolute atomic E-state index is 0.00323. The third-order valence-electron chi connectivity index (χ3n) is 4.46. The van der Waals surface area contributed by atoms with Crippen LogP contribution in [0.1, 0.15) is 25.6 Å². The van der Waals surface area contributed by atoms with Crippen LogP contribution in [0.5, 0.6) is 0 Å².